The van der Waals surface area contributed by atoms with Crippen LogP contribution in [0.3, 0.4) is 0 Å². The van der Waals surface area contributed by atoms with Crippen molar-refractivity contribution < 1.29 is 33.8 Å². The fourth-order valence-corrected chi connectivity index (χ4v) is 5.22. The second-order valence-electron chi connectivity index (χ2n) is 10.6. The molecule has 1 aromatic carbocycles. The van der Waals surface area contributed by atoms with E-state index in [1.807, 2.05) is 48.5 Å². The summed E-state index contributed by atoms with van der Waals surface area (Å²) in [6.45, 7) is 0.192. The molecule has 4 N–H and O–H groups in total. The van der Waals surface area contributed by atoms with Gasteiger partial charge in [0.15, 0.2) is 0 Å². The maximum atomic E-state index is 13.0. The monoisotopic (exact) mass is 581 g/mol. The first-order chi connectivity index (χ1) is 20.4. The Morgan fingerprint density at radius 3 is 2.50 bits per heavy atom. The van der Waals surface area contributed by atoms with Gasteiger partial charge in [-0.3, -0.25) is 9.59 Å². The summed E-state index contributed by atoms with van der Waals surface area (Å²) < 4.78 is 11.4. The predicted molar refractivity (Wildman–Crippen MR) is 153 cm³/mol. The molecule has 0 unspecified atom stereocenters. The van der Waals surface area contributed by atoms with Crippen molar-refractivity contribution in [3.63, 3.8) is 0 Å². The number of anilines is 1. The number of carboxylic acids is 1. The molecule has 0 spiro atoms. The summed E-state index contributed by atoms with van der Waals surface area (Å²) in [6, 6.07) is 13.4. The van der Waals surface area contributed by atoms with Gasteiger partial charge >= 0.3 is 12.1 Å². The fraction of sp³-hybridized carbons (Fsp3) is 0.500. The van der Waals surface area contributed by atoms with Crippen molar-refractivity contribution in [3.05, 3.63) is 60.3 Å². The fourth-order valence-electron chi connectivity index (χ4n) is 5.22. The Morgan fingerprint density at radius 2 is 1.79 bits per heavy atom. The number of amides is 3. The van der Waals surface area contributed by atoms with E-state index in [1.165, 1.54) is 0 Å². The molecule has 3 amide bonds. The number of hydrogen-bond donors (Lipinski definition) is 4. The van der Waals surface area contributed by atoms with E-state index in [0.717, 1.165) is 37.7 Å². The highest BCUT2D eigenvalue weighted by Gasteiger charge is 2.37. The van der Waals surface area contributed by atoms with Gasteiger partial charge in [0.2, 0.25) is 11.8 Å². The molecule has 2 aromatic rings. The van der Waals surface area contributed by atoms with E-state index in [-0.39, 0.29) is 44.2 Å². The molecule has 1 saturated heterocycles. The average molecular weight is 582 g/mol. The highest BCUT2D eigenvalue weighted by molar-refractivity contribution is 5.86. The lowest BCUT2D eigenvalue weighted by atomic mass is 9.88. The molecule has 0 radical (unpaired) electrons. The second kappa shape index (κ2) is 15.7. The molecule has 12 heteroatoms. The molecule has 0 bridgehead atoms. The number of aromatic nitrogens is 1. The van der Waals surface area contributed by atoms with Crippen molar-refractivity contribution in [2.24, 2.45) is 5.92 Å². The van der Waals surface area contributed by atoms with Crippen LogP contribution in [0.15, 0.2) is 54.7 Å². The minimum Gasteiger partial charge on any atom is -0.480 e. The van der Waals surface area contributed by atoms with Gasteiger partial charge in [-0.2, -0.15) is 0 Å². The molecule has 42 heavy (non-hydrogen) atoms. The number of rotatable bonds is 13. The largest absolute Gasteiger partial charge is 0.480 e. The summed E-state index contributed by atoms with van der Waals surface area (Å²) in [4.78, 5) is 55.5. The number of hydrogen-bond acceptors (Lipinski definition) is 8. The molecule has 2 heterocycles. The standard InChI is InChI=1S/C30H39N5O7/c36-27(33-17-25(29(38)39)34-28(37)22-11-5-2-6-12-22)20-41-24-15-23(16-32-26-13-7-8-14-31-26)35(18-24)30(40)42-19-21-9-3-1-4-10-21/h1,3-4,7-10,13-14,22-25H,2,5-6,11-12,15-20H2,(H,31,32)(H,33,36)(H,34,37)(H,38,39)/t23-,24+,25-/m0/s1. The lowest BCUT2D eigenvalue weighted by Crippen LogP contribution is -2.50. The number of aliphatic carboxylic acids is 1. The molecule has 3 atom stereocenters. The second-order valence-corrected chi connectivity index (χ2v) is 10.6. The van der Waals surface area contributed by atoms with Crippen LogP contribution in [-0.2, 0) is 30.5 Å². The maximum absolute atomic E-state index is 13.0. The van der Waals surface area contributed by atoms with Crippen LogP contribution in [0.2, 0.25) is 0 Å². The van der Waals surface area contributed by atoms with Gasteiger partial charge < -0.3 is 35.4 Å². The Balaban J connectivity index is 1.26. The zero-order chi connectivity index (χ0) is 29.7. The van der Waals surface area contributed by atoms with Gasteiger partial charge in [0.05, 0.1) is 18.7 Å². The number of nitrogens with zero attached hydrogens (tertiary/aromatic N) is 2. The van der Waals surface area contributed by atoms with E-state index in [2.05, 4.69) is 20.9 Å². The third-order valence-corrected chi connectivity index (χ3v) is 7.54. The minimum atomic E-state index is -1.23. The van der Waals surface area contributed by atoms with Gasteiger partial charge in [-0.1, -0.05) is 55.7 Å². The molecule has 1 aliphatic heterocycles. The number of likely N-dealkylation sites (tertiary alicyclic amines) is 1. The summed E-state index contributed by atoms with van der Waals surface area (Å²) in [5.74, 6) is -1.54. The zero-order valence-corrected chi connectivity index (χ0v) is 23.6. The van der Waals surface area contributed by atoms with Crippen LogP contribution in [0, 0.1) is 5.92 Å². The van der Waals surface area contributed by atoms with Gasteiger partial charge in [-0.25, -0.2) is 14.6 Å². The van der Waals surface area contributed by atoms with Crippen molar-refractivity contribution >= 4 is 29.7 Å². The normalized spacial score (nSPS) is 19.5. The molecule has 2 fully saturated rings. The first kappa shape index (κ1) is 30.8. The van der Waals surface area contributed by atoms with Crippen LogP contribution >= 0.6 is 0 Å². The number of nitrogens with one attached hydrogen (secondary N) is 3. The van der Waals surface area contributed by atoms with Crippen molar-refractivity contribution in [1.29, 1.82) is 0 Å². The number of carbonyl (C=O) groups is 4. The topological polar surface area (TPSA) is 159 Å². The first-order valence-corrected chi connectivity index (χ1v) is 14.4. The van der Waals surface area contributed by atoms with E-state index < -0.39 is 30.1 Å². The van der Waals surface area contributed by atoms with E-state index in [0.29, 0.717) is 18.8 Å². The average Bonchev–Trinajstić information content (AvgIpc) is 3.44. The molecule has 226 valence electrons. The van der Waals surface area contributed by atoms with Gasteiger partial charge in [-0.05, 0) is 37.0 Å². The third kappa shape index (κ3) is 9.44. The van der Waals surface area contributed by atoms with Crippen molar-refractivity contribution in [3.8, 4) is 0 Å². The van der Waals surface area contributed by atoms with Gasteiger partial charge in [-0.15, -0.1) is 0 Å². The van der Waals surface area contributed by atoms with Gasteiger partial charge in [0.25, 0.3) is 0 Å². The van der Waals surface area contributed by atoms with E-state index in [4.69, 9.17) is 9.47 Å². The quantitative estimate of drug-likeness (QED) is 0.279. The minimum absolute atomic E-state index is 0.131. The maximum Gasteiger partial charge on any atom is 0.410 e. The van der Waals surface area contributed by atoms with Crippen molar-refractivity contribution in [2.75, 3.05) is 31.6 Å². The Bertz CT molecular complexity index is 1180. The lowest BCUT2D eigenvalue weighted by molar-refractivity contribution is -0.142. The van der Waals surface area contributed by atoms with Crippen molar-refractivity contribution in [1.82, 2.24) is 20.5 Å². The zero-order valence-electron chi connectivity index (χ0n) is 23.6. The smallest absolute Gasteiger partial charge is 0.410 e. The van der Waals surface area contributed by atoms with E-state index >= 15 is 0 Å². The molecule has 1 aromatic heterocycles. The van der Waals surface area contributed by atoms with Crippen LogP contribution in [-0.4, -0.2) is 83.3 Å². The Hall–Kier alpha value is -4.19. The number of carbonyl (C=O) groups excluding carboxylic acids is 3. The Labute approximate surface area is 245 Å². The van der Waals surface area contributed by atoms with Gasteiger partial charge in [0, 0.05) is 25.2 Å². The summed E-state index contributed by atoms with van der Waals surface area (Å²) in [6.07, 6.45) is 5.69. The molecule has 4 rings (SSSR count). The van der Waals surface area contributed by atoms with Crippen LogP contribution < -0.4 is 16.0 Å². The number of pyridine rings is 1. The SMILES string of the molecule is O=C(CO[C@@H]1C[C@@H](CNc2ccccn2)N(C(=O)OCc2ccccc2)C1)NC[C@H](NC(=O)C1CCCCC1)C(=O)O. The van der Waals surface area contributed by atoms with Crippen LogP contribution in [0.25, 0.3) is 0 Å². The number of ether oxygens (including phenoxy) is 2. The highest BCUT2D eigenvalue weighted by Crippen LogP contribution is 2.24. The molecule has 2 aliphatic rings. The van der Waals surface area contributed by atoms with Crippen LogP contribution in [0.5, 0.6) is 0 Å². The van der Waals surface area contributed by atoms with Crippen LogP contribution in [0.4, 0.5) is 10.6 Å². The predicted octanol–water partition coefficient (Wildman–Crippen LogP) is 2.56. The highest BCUT2D eigenvalue weighted by atomic mass is 16.6. The lowest BCUT2D eigenvalue weighted by Gasteiger charge is -2.24. The first-order valence-electron chi connectivity index (χ1n) is 14.4. The molecule has 1 aliphatic carbocycles. The molecule has 12 nitrogen and oxygen atoms in total. The van der Waals surface area contributed by atoms with E-state index in [1.54, 1.807) is 11.1 Å². The summed E-state index contributed by atoms with van der Waals surface area (Å²) in [7, 11) is 0. The molecule has 1 saturated carbocycles. The summed E-state index contributed by atoms with van der Waals surface area (Å²) in [5, 5.41) is 17.9. The number of carboxylic acid groups (broad SMARTS) is 1. The van der Waals surface area contributed by atoms with Gasteiger partial charge in [0.1, 0.15) is 25.1 Å². The third-order valence-electron chi connectivity index (χ3n) is 7.54. The van der Waals surface area contributed by atoms with E-state index in [9.17, 15) is 24.3 Å². The van der Waals surface area contributed by atoms with Crippen molar-refractivity contribution in [2.45, 2.75) is 63.3 Å². The Morgan fingerprint density at radius 1 is 1.02 bits per heavy atom. The number of benzene rings is 1. The Kier molecular flexibility index (Phi) is 11.5. The summed E-state index contributed by atoms with van der Waals surface area (Å²) >= 11 is 0. The van der Waals surface area contributed by atoms with Crippen LogP contribution in [0.1, 0.15) is 44.1 Å². The molecular weight excluding hydrogens is 542 g/mol. The molecular formula is C30H39N5O7. The summed E-state index contributed by atoms with van der Waals surface area (Å²) in [5.41, 5.74) is 0.868.